The Bertz CT molecular complexity index is 2790. The summed E-state index contributed by atoms with van der Waals surface area (Å²) in [4.78, 5) is 39.3. The maximum Gasteiger partial charge on any atom is 0.0993 e. The lowest BCUT2D eigenvalue weighted by atomic mass is 10.1. The van der Waals surface area contributed by atoms with Gasteiger partial charge in [0.25, 0.3) is 0 Å². The molecule has 4 aromatic carbocycles. The summed E-state index contributed by atoms with van der Waals surface area (Å²) in [6, 6.07) is 45.1. The number of aromatic nitrogens is 4. The van der Waals surface area contributed by atoms with Crippen molar-refractivity contribution >= 4 is 92.5 Å². The molecule has 4 unspecified atom stereocenters. The summed E-state index contributed by atoms with van der Waals surface area (Å²) in [5.74, 6) is 0. The van der Waals surface area contributed by atoms with Gasteiger partial charge in [-0.2, -0.15) is 0 Å². The molecule has 0 radical (unpaired) electrons. The molecule has 0 aliphatic carbocycles. The van der Waals surface area contributed by atoms with Gasteiger partial charge in [0.2, 0.25) is 0 Å². The highest BCUT2D eigenvalue weighted by Gasteiger charge is 2.40. The van der Waals surface area contributed by atoms with E-state index in [9.17, 15) is 0 Å². The minimum atomic E-state index is 0. The number of anilines is 8. The molecule has 16 heteroatoms. The summed E-state index contributed by atoms with van der Waals surface area (Å²) in [6.07, 6.45) is 18.2. The van der Waals surface area contributed by atoms with E-state index in [1.165, 1.54) is 84.7 Å². The number of rotatable bonds is 17. The molecule has 0 fully saturated rings. The predicted octanol–water partition coefficient (Wildman–Crippen LogP) is 9.01. The van der Waals surface area contributed by atoms with Crippen LogP contribution in [0, 0.1) is 0 Å². The first-order valence-corrected chi connectivity index (χ1v) is 30.0. The number of quaternary nitrogens is 2. The van der Waals surface area contributed by atoms with Crippen LogP contribution >= 0.6 is 47.0 Å². The van der Waals surface area contributed by atoms with E-state index in [-0.39, 0.29) is 58.1 Å². The van der Waals surface area contributed by atoms with Gasteiger partial charge in [0.05, 0.1) is 148 Å². The van der Waals surface area contributed by atoms with Crippen LogP contribution < -0.4 is 53.6 Å². The normalized spacial score (nSPS) is 16.7. The first-order chi connectivity index (χ1) is 37.0. The van der Waals surface area contributed by atoms with Gasteiger partial charge in [0, 0.05) is 76.8 Å². The molecule has 8 heterocycles. The number of likely N-dealkylation sites (N-methyl/N-ethyl adjacent to an activating group) is 2. The maximum absolute atomic E-state index is 4.69. The Morgan fingerprint density at radius 2 is 0.551 bits per heavy atom. The average Bonchev–Trinajstić information content (AvgIpc) is 3.47. The molecule has 10 nitrogen and oxygen atoms in total. The van der Waals surface area contributed by atoms with Crippen molar-refractivity contribution in [1.29, 1.82) is 0 Å². The molecule has 4 aliphatic heterocycles. The number of unbranched alkanes of at least 4 members (excludes halogenated alkanes) is 1. The summed E-state index contributed by atoms with van der Waals surface area (Å²) in [5.41, 5.74) is 9.83. The van der Waals surface area contributed by atoms with Crippen LogP contribution in [0.1, 0.15) is 40.5 Å². The predicted molar refractivity (Wildman–Crippen MR) is 316 cm³/mol. The zero-order valence-electron chi connectivity index (χ0n) is 45.0. The third-order valence-electron chi connectivity index (χ3n) is 15.7. The van der Waals surface area contributed by atoms with E-state index in [4.69, 9.17) is 19.9 Å². The fourth-order valence-corrected chi connectivity index (χ4v) is 17.0. The molecule has 12 rings (SSSR count). The summed E-state index contributed by atoms with van der Waals surface area (Å²) in [5, 5.41) is 0. The molecular formula is C62H66Br2N10S4. The van der Waals surface area contributed by atoms with E-state index in [2.05, 4.69) is 208 Å². The van der Waals surface area contributed by atoms with Gasteiger partial charge < -0.3 is 62.5 Å². The van der Waals surface area contributed by atoms with Crippen LogP contribution in [0.2, 0.25) is 0 Å². The van der Waals surface area contributed by atoms with Crippen LogP contribution in [0.15, 0.2) is 210 Å². The van der Waals surface area contributed by atoms with Crippen LogP contribution in [0.5, 0.6) is 0 Å². The average molecular weight is 1240 g/mol. The molecule has 402 valence electrons. The summed E-state index contributed by atoms with van der Waals surface area (Å²) in [6.45, 7) is 15.7. The quantitative estimate of drug-likeness (QED) is 0.0647. The Balaban J connectivity index is 0.00000344. The van der Waals surface area contributed by atoms with E-state index in [1.807, 2.05) is 71.8 Å². The first-order valence-electron chi connectivity index (χ1n) is 26.7. The Labute approximate surface area is 499 Å². The first kappa shape index (κ1) is 56.2. The third kappa shape index (κ3) is 11.2. The molecule has 0 amide bonds. The molecule has 4 aromatic heterocycles. The number of nitrogens with zero attached hydrogens (tertiary/aromatic N) is 10. The molecule has 0 saturated carbocycles. The third-order valence-corrected chi connectivity index (χ3v) is 20.2. The zero-order chi connectivity index (χ0) is 52.0. The van der Waals surface area contributed by atoms with Crippen molar-refractivity contribution < 1.29 is 42.9 Å². The molecule has 8 aromatic rings. The van der Waals surface area contributed by atoms with Gasteiger partial charge >= 0.3 is 0 Å². The lowest BCUT2D eigenvalue weighted by Crippen LogP contribution is -3.00. The fraction of sp³-hybridized carbons (Fsp3) is 0.290. The van der Waals surface area contributed by atoms with E-state index in [1.54, 1.807) is 0 Å². The van der Waals surface area contributed by atoms with Crippen molar-refractivity contribution in [2.75, 3.05) is 73.0 Å². The Morgan fingerprint density at radius 1 is 0.333 bits per heavy atom. The largest absolute Gasteiger partial charge is 1.00 e. The standard InChI is InChI=1S/C62H66N10S4.2BrH/c1-43(67-47-17-7-11-21-55(47)73-59-25-29-63-35-51(59)67)39-71(5,40-44(2)68-48-18-8-12-22-56(48)74-60-26-30-64-36-52(60)68)33-15-16-34-72(6,41-45(3)69-49-19-9-13-23-57(49)75-61-27-31-65-37-53(61)69)42-46(4)70-50-20-10-14-24-58(50)76-62-28-32-66-38-54(62)70;;/h7-14,17-32,35-38,43-46H,15-16,33-34,39-42H2,1-6H3;2*1H/q+2;;/p-2. The number of para-hydroxylation sites is 4. The van der Waals surface area contributed by atoms with Gasteiger partial charge in [-0.25, -0.2) is 0 Å². The van der Waals surface area contributed by atoms with Crippen molar-refractivity contribution in [3.63, 3.8) is 0 Å². The SMILES string of the molecule is CC(C[N+](C)(CCCC[N+](C)(CC(C)N1c2ccccc2Sc2ccncc21)CC(C)N1c2ccccc2Sc2ccncc21)CC(C)N1c2ccccc2Sc2ccncc21)N1c2ccccc2Sc2ccncc21.[Br-].[Br-]. The molecular weight excluding hydrogens is 1170 g/mol. The lowest BCUT2D eigenvalue weighted by molar-refractivity contribution is -0.916. The number of benzene rings is 4. The molecule has 78 heavy (non-hydrogen) atoms. The minimum absolute atomic E-state index is 0. The molecule has 0 spiro atoms. The van der Waals surface area contributed by atoms with Crippen LogP contribution in [0.3, 0.4) is 0 Å². The summed E-state index contributed by atoms with van der Waals surface area (Å²) in [7, 11) is 5.06. The Morgan fingerprint density at radius 3 is 0.795 bits per heavy atom. The highest BCUT2D eigenvalue weighted by atomic mass is 79.9. The number of halogens is 2. The molecule has 4 atom stereocenters. The summed E-state index contributed by atoms with van der Waals surface area (Å²) >= 11 is 7.41. The van der Waals surface area contributed by atoms with Gasteiger partial charge in [-0.3, -0.25) is 19.9 Å². The fourth-order valence-electron chi connectivity index (χ4n) is 12.8. The second-order valence-corrected chi connectivity index (χ2v) is 26.0. The van der Waals surface area contributed by atoms with E-state index in [0.29, 0.717) is 0 Å². The van der Waals surface area contributed by atoms with Crippen LogP contribution in [0.4, 0.5) is 45.5 Å². The van der Waals surface area contributed by atoms with Crippen LogP contribution in [0.25, 0.3) is 0 Å². The van der Waals surface area contributed by atoms with Crippen molar-refractivity contribution in [3.8, 4) is 0 Å². The molecule has 0 bridgehead atoms. The Kier molecular flexibility index (Phi) is 17.3. The lowest BCUT2D eigenvalue weighted by Gasteiger charge is -2.46. The molecule has 0 N–H and O–H groups in total. The second-order valence-electron chi connectivity index (χ2n) is 21.7. The summed E-state index contributed by atoms with van der Waals surface area (Å²) < 4.78 is 1.80. The van der Waals surface area contributed by atoms with Crippen molar-refractivity contribution in [1.82, 2.24) is 19.9 Å². The highest BCUT2D eigenvalue weighted by Crippen LogP contribution is 2.53. The minimum Gasteiger partial charge on any atom is -1.00 e. The Hall–Kier alpha value is -5.04. The van der Waals surface area contributed by atoms with Crippen molar-refractivity contribution in [2.45, 2.75) is 104 Å². The number of hydrogen-bond acceptors (Lipinski definition) is 12. The molecule has 4 aliphatic rings. The van der Waals surface area contributed by atoms with E-state index in [0.717, 1.165) is 61.1 Å². The zero-order valence-corrected chi connectivity index (χ0v) is 51.4. The maximum atomic E-state index is 4.69. The number of hydrogen-bond donors (Lipinski definition) is 0. The second kappa shape index (κ2) is 24.0. The van der Waals surface area contributed by atoms with Crippen LogP contribution in [-0.4, -0.2) is 106 Å². The van der Waals surface area contributed by atoms with E-state index < -0.39 is 0 Å². The van der Waals surface area contributed by atoms with Gasteiger partial charge in [0.15, 0.2) is 0 Å². The topological polar surface area (TPSA) is 64.5 Å². The smallest absolute Gasteiger partial charge is 0.0993 e. The van der Waals surface area contributed by atoms with Crippen molar-refractivity contribution in [3.05, 3.63) is 171 Å². The van der Waals surface area contributed by atoms with Gasteiger partial charge in [-0.05, 0) is 100 Å². The highest BCUT2D eigenvalue weighted by molar-refractivity contribution is 8.00. The van der Waals surface area contributed by atoms with Crippen molar-refractivity contribution in [2.24, 2.45) is 0 Å². The van der Waals surface area contributed by atoms with E-state index >= 15 is 0 Å². The van der Waals surface area contributed by atoms with Crippen LogP contribution in [-0.2, 0) is 0 Å². The van der Waals surface area contributed by atoms with Gasteiger partial charge in [-0.1, -0.05) is 95.6 Å². The van der Waals surface area contributed by atoms with Gasteiger partial charge in [0.1, 0.15) is 0 Å². The number of fused-ring (bicyclic) bond motifs is 8. The molecule has 0 saturated heterocycles. The van der Waals surface area contributed by atoms with Gasteiger partial charge in [-0.15, -0.1) is 0 Å². The number of pyridine rings is 4. The monoisotopic (exact) mass is 1240 g/mol.